The largest absolute Gasteiger partial charge is 0.480 e. The van der Waals surface area contributed by atoms with Crippen LogP contribution in [0, 0.1) is 6.92 Å². The summed E-state index contributed by atoms with van der Waals surface area (Å²) < 4.78 is 10.3. The molecule has 0 fully saturated rings. The molecule has 0 bridgehead atoms. The summed E-state index contributed by atoms with van der Waals surface area (Å²) in [6, 6.07) is 3.74. The van der Waals surface area contributed by atoms with Crippen molar-refractivity contribution in [2.45, 2.75) is 32.7 Å². The summed E-state index contributed by atoms with van der Waals surface area (Å²) in [4.78, 5) is 18.8. The minimum Gasteiger partial charge on any atom is -0.480 e. The van der Waals surface area contributed by atoms with Gasteiger partial charge in [-0.2, -0.15) is 0 Å². The minimum atomic E-state index is -0.125. The van der Waals surface area contributed by atoms with Crippen LogP contribution in [0.25, 0.3) is 0 Å². The number of aromatic nitrogens is 2. The van der Waals surface area contributed by atoms with Crippen molar-refractivity contribution in [2.24, 2.45) is 0 Å². The molecule has 0 spiro atoms. The maximum absolute atomic E-state index is 12.7. The van der Waals surface area contributed by atoms with Gasteiger partial charge >= 0.3 is 0 Å². The van der Waals surface area contributed by atoms with Gasteiger partial charge in [0.25, 0.3) is 5.91 Å². The average molecular weight is 301 g/mol. The second kappa shape index (κ2) is 5.79. The van der Waals surface area contributed by atoms with Crippen LogP contribution in [0.2, 0.25) is 0 Å². The number of carbonyl (C=O) groups is 1. The highest BCUT2D eigenvalue weighted by atomic mass is 16.5. The number of hydrogen-bond donors (Lipinski definition) is 0. The van der Waals surface area contributed by atoms with Gasteiger partial charge in [-0.3, -0.25) is 4.79 Å². The molecule has 2 aromatic heterocycles. The fourth-order valence-corrected chi connectivity index (χ4v) is 2.77. The lowest BCUT2D eigenvalue weighted by atomic mass is 10.1. The van der Waals surface area contributed by atoms with Crippen molar-refractivity contribution >= 4 is 5.91 Å². The summed E-state index contributed by atoms with van der Waals surface area (Å²) in [5.41, 5.74) is 3.42. The summed E-state index contributed by atoms with van der Waals surface area (Å²) in [6.07, 6.45) is 3.00. The normalized spacial score (nSPS) is 13.0. The summed E-state index contributed by atoms with van der Waals surface area (Å²) in [5, 5.41) is 3.92. The van der Waals surface area contributed by atoms with E-state index in [0.717, 1.165) is 42.0 Å². The predicted octanol–water partition coefficient (Wildman–Crippen LogP) is 2.15. The van der Waals surface area contributed by atoms with E-state index < -0.39 is 0 Å². The zero-order chi connectivity index (χ0) is 15.7. The lowest BCUT2D eigenvalue weighted by molar-refractivity contribution is 0.0777. The van der Waals surface area contributed by atoms with Crippen molar-refractivity contribution in [3.63, 3.8) is 0 Å². The third-order valence-corrected chi connectivity index (χ3v) is 3.86. The number of carbonyl (C=O) groups excluding carboxylic acids is 1. The maximum Gasteiger partial charge on any atom is 0.259 e. The summed E-state index contributed by atoms with van der Waals surface area (Å²) in [6.45, 7) is 2.21. The van der Waals surface area contributed by atoms with Crippen LogP contribution in [0.15, 0.2) is 16.7 Å². The van der Waals surface area contributed by atoms with Crippen molar-refractivity contribution in [3.05, 3.63) is 40.4 Å². The zero-order valence-corrected chi connectivity index (χ0v) is 13.0. The van der Waals surface area contributed by atoms with Crippen LogP contribution < -0.4 is 4.74 Å². The predicted molar refractivity (Wildman–Crippen MR) is 79.9 cm³/mol. The molecule has 0 aromatic carbocycles. The third-order valence-electron chi connectivity index (χ3n) is 3.86. The van der Waals surface area contributed by atoms with E-state index in [-0.39, 0.29) is 5.91 Å². The third kappa shape index (κ3) is 2.68. The molecule has 1 amide bonds. The molecule has 116 valence electrons. The summed E-state index contributed by atoms with van der Waals surface area (Å²) in [5.74, 6) is 1.00. The Bertz CT molecular complexity index is 709. The highest BCUT2D eigenvalue weighted by molar-refractivity contribution is 5.96. The highest BCUT2D eigenvalue weighted by Crippen LogP contribution is 2.27. The number of aryl methyl sites for hydroxylation is 3. The summed E-state index contributed by atoms with van der Waals surface area (Å²) >= 11 is 0. The Morgan fingerprint density at radius 1 is 1.41 bits per heavy atom. The van der Waals surface area contributed by atoms with Gasteiger partial charge < -0.3 is 14.2 Å². The second-order valence-corrected chi connectivity index (χ2v) is 5.59. The Morgan fingerprint density at radius 3 is 2.91 bits per heavy atom. The van der Waals surface area contributed by atoms with E-state index in [9.17, 15) is 4.79 Å². The maximum atomic E-state index is 12.7. The standard InChI is InChI=1S/C16H19N3O3/c1-10-7-12(18-22-10)9-19(2)16(20)13-8-11-5-4-6-14(11)17-15(13)21-3/h7-8H,4-6,9H2,1-3H3. The van der Waals surface area contributed by atoms with Gasteiger partial charge in [-0.25, -0.2) is 4.98 Å². The minimum absolute atomic E-state index is 0.125. The van der Waals surface area contributed by atoms with Gasteiger partial charge in [0.05, 0.1) is 13.7 Å². The molecular weight excluding hydrogens is 282 g/mol. The van der Waals surface area contributed by atoms with Crippen molar-refractivity contribution in [3.8, 4) is 5.88 Å². The fraction of sp³-hybridized carbons (Fsp3) is 0.438. The van der Waals surface area contributed by atoms with E-state index in [1.54, 1.807) is 19.1 Å². The Labute approximate surface area is 129 Å². The van der Waals surface area contributed by atoms with E-state index in [2.05, 4.69) is 10.1 Å². The smallest absolute Gasteiger partial charge is 0.259 e. The first-order valence-corrected chi connectivity index (χ1v) is 7.33. The van der Waals surface area contributed by atoms with E-state index in [0.29, 0.717) is 18.0 Å². The fourth-order valence-electron chi connectivity index (χ4n) is 2.77. The molecule has 3 rings (SSSR count). The van der Waals surface area contributed by atoms with Crippen LogP contribution in [0.4, 0.5) is 0 Å². The monoisotopic (exact) mass is 301 g/mol. The molecule has 6 heteroatoms. The lowest BCUT2D eigenvalue weighted by Crippen LogP contribution is -2.27. The number of rotatable bonds is 4. The van der Waals surface area contributed by atoms with Crippen LogP contribution in [-0.4, -0.2) is 35.1 Å². The number of fused-ring (bicyclic) bond motifs is 1. The topological polar surface area (TPSA) is 68.5 Å². The van der Waals surface area contributed by atoms with Crippen molar-refractivity contribution < 1.29 is 14.1 Å². The number of methoxy groups -OCH3 is 1. The van der Waals surface area contributed by atoms with E-state index >= 15 is 0 Å². The molecular formula is C16H19N3O3. The Balaban J connectivity index is 1.84. The summed E-state index contributed by atoms with van der Waals surface area (Å²) in [7, 11) is 3.28. The van der Waals surface area contributed by atoms with Gasteiger partial charge in [-0.1, -0.05) is 5.16 Å². The highest BCUT2D eigenvalue weighted by Gasteiger charge is 2.23. The van der Waals surface area contributed by atoms with Crippen LogP contribution in [-0.2, 0) is 19.4 Å². The van der Waals surface area contributed by atoms with Crippen molar-refractivity contribution in [1.82, 2.24) is 15.0 Å². The van der Waals surface area contributed by atoms with Crippen LogP contribution in [0.5, 0.6) is 5.88 Å². The van der Waals surface area contributed by atoms with E-state index in [1.807, 2.05) is 19.1 Å². The molecule has 1 aliphatic carbocycles. The van der Waals surface area contributed by atoms with Gasteiger partial charge in [-0.05, 0) is 37.8 Å². The molecule has 6 nitrogen and oxygen atoms in total. The molecule has 0 unspecified atom stereocenters. The Morgan fingerprint density at radius 2 is 2.23 bits per heavy atom. The molecule has 1 aliphatic rings. The SMILES string of the molecule is COc1nc2c(cc1C(=O)N(C)Cc1cc(C)on1)CCC2. The van der Waals surface area contributed by atoms with Crippen LogP contribution in [0.1, 0.15) is 39.5 Å². The number of hydrogen-bond acceptors (Lipinski definition) is 5. The molecule has 0 radical (unpaired) electrons. The molecule has 2 aromatic rings. The number of pyridine rings is 1. The van der Waals surface area contributed by atoms with Gasteiger partial charge in [0.15, 0.2) is 0 Å². The molecule has 2 heterocycles. The van der Waals surface area contributed by atoms with Crippen LogP contribution >= 0.6 is 0 Å². The molecule has 0 atom stereocenters. The Hall–Kier alpha value is -2.37. The number of nitrogens with zero attached hydrogens (tertiary/aromatic N) is 3. The van der Waals surface area contributed by atoms with Crippen molar-refractivity contribution in [2.75, 3.05) is 14.2 Å². The van der Waals surface area contributed by atoms with Gasteiger partial charge in [-0.15, -0.1) is 0 Å². The zero-order valence-electron chi connectivity index (χ0n) is 13.0. The van der Waals surface area contributed by atoms with E-state index in [4.69, 9.17) is 9.26 Å². The van der Waals surface area contributed by atoms with E-state index in [1.165, 1.54) is 0 Å². The molecule has 0 saturated heterocycles. The lowest BCUT2D eigenvalue weighted by Gasteiger charge is -2.17. The van der Waals surface area contributed by atoms with Crippen LogP contribution in [0.3, 0.4) is 0 Å². The first-order chi connectivity index (χ1) is 10.6. The van der Waals surface area contributed by atoms with Crippen molar-refractivity contribution in [1.29, 1.82) is 0 Å². The quantitative estimate of drug-likeness (QED) is 0.865. The molecule has 0 aliphatic heterocycles. The van der Waals surface area contributed by atoms with Gasteiger partial charge in [0, 0.05) is 18.8 Å². The first kappa shape index (κ1) is 14.6. The Kier molecular flexibility index (Phi) is 3.83. The first-order valence-electron chi connectivity index (χ1n) is 7.33. The van der Waals surface area contributed by atoms with Gasteiger partial charge in [0.2, 0.25) is 5.88 Å². The average Bonchev–Trinajstić information content (AvgIpc) is 3.13. The molecule has 22 heavy (non-hydrogen) atoms. The number of amides is 1. The molecule has 0 saturated carbocycles. The van der Waals surface area contributed by atoms with Gasteiger partial charge in [0.1, 0.15) is 17.0 Å². The number of ether oxygens (including phenoxy) is 1. The second-order valence-electron chi connectivity index (χ2n) is 5.59. The molecule has 0 N–H and O–H groups in total.